The fraction of sp³-hybridized carbons (Fsp3) is 0.667. The molecule has 116 valence electrons. The first-order valence-electron chi connectivity index (χ1n) is 8.41. The Morgan fingerprint density at radius 2 is 2.10 bits per heavy atom. The summed E-state index contributed by atoms with van der Waals surface area (Å²) in [6.45, 7) is 5.31. The first-order valence-corrected chi connectivity index (χ1v) is 9.40. The Morgan fingerprint density at radius 1 is 1.29 bits per heavy atom. The number of rotatable bonds is 6. The number of fused-ring (bicyclic) bond motifs is 1. The van der Waals surface area contributed by atoms with Crippen LogP contribution in [-0.4, -0.2) is 31.6 Å². The highest BCUT2D eigenvalue weighted by Crippen LogP contribution is 2.42. The van der Waals surface area contributed by atoms with Gasteiger partial charge >= 0.3 is 0 Å². The molecule has 1 fully saturated rings. The Bertz CT molecular complexity index is 445. The van der Waals surface area contributed by atoms with Crippen LogP contribution in [0.1, 0.15) is 44.1 Å². The summed E-state index contributed by atoms with van der Waals surface area (Å²) in [5.41, 5.74) is 1.57. The molecule has 1 N–H and O–H groups in total. The van der Waals surface area contributed by atoms with E-state index in [1.165, 1.54) is 36.3 Å². The van der Waals surface area contributed by atoms with E-state index in [-0.39, 0.29) is 0 Å². The molecule has 0 bridgehead atoms. The van der Waals surface area contributed by atoms with E-state index in [4.69, 9.17) is 4.74 Å². The van der Waals surface area contributed by atoms with Gasteiger partial charge in [-0.3, -0.25) is 0 Å². The quantitative estimate of drug-likeness (QED) is 0.856. The molecule has 1 aromatic rings. The lowest BCUT2D eigenvalue weighted by molar-refractivity contribution is 0.0597. The molecule has 3 heteroatoms. The number of hydrogen-bond donors (Lipinski definition) is 1. The molecule has 21 heavy (non-hydrogen) atoms. The summed E-state index contributed by atoms with van der Waals surface area (Å²) < 4.78 is 5.52. The second-order valence-corrected chi connectivity index (χ2v) is 7.37. The van der Waals surface area contributed by atoms with Gasteiger partial charge < -0.3 is 10.1 Å². The molecule has 2 unspecified atom stereocenters. The number of ether oxygens (including phenoxy) is 1. The van der Waals surface area contributed by atoms with Crippen LogP contribution in [0.5, 0.6) is 0 Å². The summed E-state index contributed by atoms with van der Waals surface area (Å²) in [6.07, 6.45) is 5.01. The molecule has 0 aliphatic carbocycles. The maximum Gasteiger partial charge on any atom is 0.0468 e. The van der Waals surface area contributed by atoms with E-state index in [1.807, 2.05) is 11.8 Å². The monoisotopic (exact) mass is 305 g/mol. The molecule has 2 nitrogen and oxygen atoms in total. The molecule has 0 amide bonds. The zero-order valence-electron chi connectivity index (χ0n) is 13.0. The van der Waals surface area contributed by atoms with Gasteiger partial charge in [0, 0.05) is 35.8 Å². The van der Waals surface area contributed by atoms with Crippen LogP contribution >= 0.6 is 11.8 Å². The Balaban J connectivity index is 1.70. The van der Waals surface area contributed by atoms with Gasteiger partial charge in [0.05, 0.1) is 0 Å². The molecule has 0 spiro atoms. The molecule has 2 aliphatic heterocycles. The Morgan fingerprint density at radius 3 is 2.90 bits per heavy atom. The van der Waals surface area contributed by atoms with Gasteiger partial charge in [-0.25, -0.2) is 0 Å². The van der Waals surface area contributed by atoms with Gasteiger partial charge in [0.25, 0.3) is 0 Å². The van der Waals surface area contributed by atoms with Crippen LogP contribution in [0.3, 0.4) is 0 Å². The van der Waals surface area contributed by atoms with Gasteiger partial charge in [0.2, 0.25) is 0 Å². The van der Waals surface area contributed by atoms with E-state index in [1.54, 1.807) is 5.56 Å². The van der Waals surface area contributed by atoms with Gasteiger partial charge in [-0.05, 0) is 49.8 Å². The van der Waals surface area contributed by atoms with Crippen LogP contribution in [0.15, 0.2) is 29.2 Å². The molecule has 1 saturated heterocycles. The van der Waals surface area contributed by atoms with Crippen LogP contribution in [-0.2, 0) is 4.74 Å². The minimum absolute atomic E-state index is 0.629. The second kappa shape index (κ2) is 7.66. The first kappa shape index (κ1) is 15.4. The Labute approximate surface area is 133 Å². The van der Waals surface area contributed by atoms with Crippen molar-refractivity contribution in [3.05, 3.63) is 29.8 Å². The van der Waals surface area contributed by atoms with E-state index in [2.05, 4.69) is 36.5 Å². The number of hydrogen-bond acceptors (Lipinski definition) is 3. The molecule has 3 rings (SSSR count). The zero-order chi connectivity index (χ0) is 14.5. The van der Waals surface area contributed by atoms with Crippen LogP contribution in [0, 0.1) is 5.92 Å². The molecule has 2 atom stereocenters. The van der Waals surface area contributed by atoms with Crippen molar-refractivity contribution in [2.24, 2.45) is 5.92 Å². The number of thioether (sulfide) groups is 1. The predicted octanol–water partition coefficient (Wildman–Crippen LogP) is 4.06. The molecule has 0 aromatic heterocycles. The maximum atomic E-state index is 5.52. The van der Waals surface area contributed by atoms with Gasteiger partial charge in [-0.15, -0.1) is 11.8 Å². The van der Waals surface area contributed by atoms with Gasteiger partial charge in [-0.1, -0.05) is 25.1 Å². The van der Waals surface area contributed by atoms with Crippen LogP contribution in [0.2, 0.25) is 0 Å². The third-order valence-corrected chi connectivity index (χ3v) is 6.02. The van der Waals surface area contributed by atoms with E-state index in [0.29, 0.717) is 12.0 Å². The van der Waals surface area contributed by atoms with Crippen LogP contribution in [0.4, 0.5) is 0 Å². The smallest absolute Gasteiger partial charge is 0.0468 e. The van der Waals surface area contributed by atoms with Gasteiger partial charge in [-0.2, -0.15) is 0 Å². The van der Waals surface area contributed by atoms with Crippen molar-refractivity contribution in [3.8, 4) is 0 Å². The number of benzene rings is 1. The molecular formula is C18H27NOS. The SMILES string of the molecule is CCCNC(CC1CCOCC1)C1CSc2ccccc21. The predicted molar refractivity (Wildman–Crippen MR) is 90.1 cm³/mol. The van der Waals surface area contributed by atoms with Gasteiger partial charge in [0.15, 0.2) is 0 Å². The highest BCUT2D eigenvalue weighted by Gasteiger charge is 2.31. The summed E-state index contributed by atoms with van der Waals surface area (Å²) in [5, 5.41) is 3.85. The van der Waals surface area contributed by atoms with E-state index >= 15 is 0 Å². The molecule has 2 aliphatic rings. The molecule has 2 heterocycles. The zero-order valence-corrected chi connectivity index (χ0v) is 13.8. The van der Waals surface area contributed by atoms with Crippen molar-refractivity contribution in [3.63, 3.8) is 0 Å². The molecular weight excluding hydrogens is 278 g/mol. The summed E-state index contributed by atoms with van der Waals surface area (Å²) in [6, 6.07) is 9.62. The average Bonchev–Trinajstić information content (AvgIpc) is 2.96. The van der Waals surface area contributed by atoms with E-state index < -0.39 is 0 Å². The lowest BCUT2D eigenvalue weighted by atomic mass is 9.84. The van der Waals surface area contributed by atoms with E-state index in [0.717, 1.165) is 25.7 Å². The lowest BCUT2D eigenvalue weighted by Crippen LogP contribution is -2.38. The second-order valence-electron chi connectivity index (χ2n) is 6.31. The van der Waals surface area contributed by atoms with Crippen molar-refractivity contribution in [1.29, 1.82) is 0 Å². The van der Waals surface area contributed by atoms with Crippen molar-refractivity contribution in [2.75, 3.05) is 25.5 Å². The van der Waals surface area contributed by atoms with Crippen molar-refractivity contribution in [2.45, 2.75) is 49.5 Å². The summed E-state index contributed by atoms with van der Waals surface area (Å²) in [5.74, 6) is 2.76. The molecule has 1 aromatic carbocycles. The van der Waals surface area contributed by atoms with Crippen molar-refractivity contribution < 1.29 is 4.74 Å². The average molecular weight is 305 g/mol. The Hall–Kier alpha value is -0.510. The fourth-order valence-electron chi connectivity index (χ4n) is 3.58. The fourth-order valence-corrected chi connectivity index (χ4v) is 4.91. The minimum atomic E-state index is 0.629. The topological polar surface area (TPSA) is 21.3 Å². The molecule has 0 saturated carbocycles. The summed E-state index contributed by atoms with van der Waals surface area (Å²) >= 11 is 2.04. The van der Waals surface area contributed by atoms with Crippen LogP contribution in [0.25, 0.3) is 0 Å². The highest BCUT2D eigenvalue weighted by molar-refractivity contribution is 7.99. The van der Waals surface area contributed by atoms with E-state index in [9.17, 15) is 0 Å². The first-order chi connectivity index (χ1) is 10.4. The van der Waals surface area contributed by atoms with Crippen molar-refractivity contribution >= 4 is 11.8 Å². The maximum absolute atomic E-state index is 5.52. The minimum Gasteiger partial charge on any atom is -0.381 e. The summed E-state index contributed by atoms with van der Waals surface area (Å²) in [4.78, 5) is 1.50. The normalized spacial score (nSPS) is 24.0. The summed E-state index contributed by atoms with van der Waals surface area (Å²) in [7, 11) is 0. The van der Waals surface area contributed by atoms with Crippen molar-refractivity contribution in [1.82, 2.24) is 5.32 Å². The number of nitrogens with one attached hydrogen (secondary N) is 1. The molecule has 0 radical (unpaired) electrons. The third kappa shape index (κ3) is 3.82. The van der Waals surface area contributed by atoms with Gasteiger partial charge in [0.1, 0.15) is 0 Å². The van der Waals surface area contributed by atoms with Crippen LogP contribution < -0.4 is 5.32 Å². The highest BCUT2D eigenvalue weighted by atomic mass is 32.2. The Kier molecular flexibility index (Phi) is 5.61. The third-order valence-electron chi connectivity index (χ3n) is 4.81. The lowest BCUT2D eigenvalue weighted by Gasteiger charge is -2.31. The largest absolute Gasteiger partial charge is 0.381 e. The standard InChI is InChI=1S/C18H27NOS/c1-2-9-19-17(12-14-7-10-20-11-8-14)16-13-21-18-6-4-3-5-15(16)18/h3-6,14,16-17,19H,2,7-13H2,1H3.